The molecule has 1 saturated heterocycles. The molecule has 2 aromatic heterocycles. The van der Waals surface area contributed by atoms with Crippen LogP contribution in [0.25, 0.3) is 17.0 Å². The summed E-state index contributed by atoms with van der Waals surface area (Å²) in [5, 5.41) is 17.1. The molecule has 174 valence electrons. The molecule has 0 saturated carbocycles. The van der Waals surface area contributed by atoms with Crippen LogP contribution >= 0.6 is 11.6 Å². The molecular formula is C26H27ClN6O. The summed E-state index contributed by atoms with van der Waals surface area (Å²) in [6.45, 7) is 4.27. The highest BCUT2D eigenvalue weighted by Crippen LogP contribution is 2.25. The van der Waals surface area contributed by atoms with Crippen LogP contribution in [0.1, 0.15) is 30.9 Å². The maximum absolute atomic E-state index is 12.7. The summed E-state index contributed by atoms with van der Waals surface area (Å²) in [6.07, 6.45) is 2.62. The molecule has 5 rings (SSSR count). The van der Waals surface area contributed by atoms with Crippen molar-refractivity contribution in [3.63, 3.8) is 0 Å². The fraction of sp³-hybridized carbons (Fsp3) is 0.308. The summed E-state index contributed by atoms with van der Waals surface area (Å²) < 4.78 is 1.77. The zero-order valence-corrected chi connectivity index (χ0v) is 19.9. The lowest BCUT2D eigenvalue weighted by molar-refractivity contribution is -0.125. The van der Waals surface area contributed by atoms with Gasteiger partial charge in [0.2, 0.25) is 5.91 Å². The van der Waals surface area contributed by atoms with E-state index in [0.717, 1.165) is 49.3 Å². The normalized spacial score (nSPS) is 14.5. The van der Waals surface area contributed by atoms with E-state index in [-0.39, 0.29) is 11.8 Å². The first-order valence-electron chi connectivity index (χ1n) is 11.7. The van der Waals surface area contributed by atoms with E-state index in [1.807, 2.05) is 36.4 Å². The molecule has 3 heterocycles. The third-order valence-electron chi connectivity index (χ3n) is 6.44. The largest absolute Gasteiger partial charge is 0.355 e. The number of aryl methyl sites for hydroxylation is 1. The zero-order valence-electron chi connectivity index (χ0n) is 19.1. The summed E-state index contributed by atoms with van der Waals surface area (Å²) in [7, 11) is 0. The number of amides is 1. The first-order chi connectivity index (χ1) is 16.6. The van der Waals surface area contributed by atoms with Crippen LogP contribution < -0.4 is 10.2 Å². The fourth-order valence-corrected chi connectivity index (χ4v) is 4.45. The lowest BCUT2D eigenvalue weighted by Gasteiger charge is -2.32. The van der Waals surface area contributed by atoms with Crippen molar-refractivity contribution in [1.82, 2.24) is 25.1 Å². The number of anilines is 1. The van der Waals surface area contributed by atoms with E-state index in [2.05, 4.69) is 51.6 Å². The first-order valence-corrected chi connectivity index (χ1v) is 12.1. The number of aromatic nitrogens is 4. The van der Waals surface area contributed by atoms with Gasteiger partial charge in [-0.2, -0.15) is 4.52 Å². The lowest BCUT2D eigenvalue weighted by atomic mass is 9.96. The molecule has 0 unspecified atom stereocenters. The molecule has 1 aliphatic heterocycles. The van der Waals surface area contributed by atoms with Gasteiger partial charge in [0.1, 0.15) is 5.82 Å². The summed E-state index contributed by atoms with van der Waals surface area (Å²) in [4.78, 5) is 14.9. The Morgan fingerprint density at radius 3 is 2.38 bits per heavy atom. The van der Waals surface area contributed by atoms with Crippen LogP contribution in [0, 0.1) is 5.92 Å². The Labute approximate surface area is 203 Å². The van der Waals surface area contributed by atoms with Crippen LogP contribution in [0.4, 0.5) is 5.82 Å². The molecule has 0 radical (unpaired) electrons. The van der Waals surface area contributed by atoms with E-state index in [1.54, 1.807) is 4.52 Å². The number of hydrogen-bond acceptors (Lipinski definition) is 5. The molecule has 2 aromatic carbocycles. The number of fused-ring (bicyclic) bond motifs is 1. The molecular weight excluding hydrogens is 448 g/mol. The second kappa shape index (κ2) is 9.81. The topological polar surface area (TPSA) is 75.4 Å². The average molecular weight is 475 g/mol. The third kappa shape index (κ3) is 4.75. The van der Waals surface area contributed by atoms with Gasteiger partial charge in [-0.05, 0) is 66.8 Å². The van der Waals surface area contributed by atoms with Crippen LogP contribution in [0.3, 0.4) is 0 Å². The second-order valence-corrected chi connectivity index (χ2v) is 9.08. The summed E-state index contributed by atoms with van der Waals surface area (Å²) in [5.41, 5.74) is 4.03. The zero-order chi connectivity index (χ0) is 23.5. The Balaban J connectivity index is 1.21. The van der Waals surface area contributed by atoms with E-state index in [4.69, 9.17) is 16.7 Å². The van der Waals surface area contributed by atoms with Gasteiger partial charge in [0, 0.05) is 36.1 Å². The molecule has 8 heteroatoms. The van der Waals surface area contributed by atoms with Gasteiger partial charge in [-0.15, -0.1) is 15.3 Å². The van der Waals surface area contributed by atoms with Crippen molar-refractivity contribution in [3.8, 4) is 11.4 Å². The fourth-order valence-electron chi connectivity index (χ4n) is 4.32. The Kier molecular flexibility index (Phi) is 6.45. The minimum atomic E-state index is 0.0226. The average Bonchev–Trinajstić information content (AvgIpc) is 3.31. The van der Waals surface area contributed by atoms with Gasteiger partial charge in [0.15, 0.2) is 11.5 Å². The lowest BCUT2D eigenvalue weighted by Crippen LogP contribution is -2.40. The Bertz CT molecular complexity index is 1280. The van der Waals surface area contributed by atoms with E-state index >= 15 is 0 Å². The number of nitrogens with zero attached hydrogens (tertiary/aromatic N) is 5. The second-order valence-electron chi connectivity index (χ2n) is 8.64. The van der Waals surface area contributed by atoms with Gasteiger partial charge in [-0.25, -0.2) is 0 Å². The highest BCUT2D eigenvalue weighted by atomic mass is 35.5. The molecule has 7 nitrogen and oxygen atoms in total. The van der Waals surface area contributed by atoms with E-state index in [0.29, 0.717) is 23.0 Å². The molecule has 0 aliphatic carbocycles. The van der Waals surface area contributed by atoms with Gasteiger partial charge in [-0.3, -0.25) is 4.79 Å². The van der Waals surface area contributed by atoms with Gasteiger partial charge >= 0.3 is 0 Å². The van der Waals surface area contributed by atoms with Crippen molar-refractivity contribution in [1.29, 1.82) is 0 Å². The van der Waals surface area contributed by atoms with Crippen molar-refractivity contribution >= 4 is 29.0 Å². The van der Waals surface area contributed by atoms with E-state index in [1.165, 1.54) is 5.56 Å². The molecule has 1 fully saturated rings. The molecule has 0 spiro atoms. The van der Waals surface area contributed by atoms with Crippen molar-refractivity contribution in [2.24, 2.45) is 5.92 Å². The highest BCUT2D eigenvalue weighted by Gasteiger charge is 2.26. The predicted molar refractivity (Wildman–Crippen MR) is 134 cm³/mol. The van der Waals surface area contributed by atoms with E-state index in [9.17, 15) is 4.79 Å². The molecule has 0 atom stereocenters. The van der Waals surface area contributed by atoms with Crippen molar-refractivity contribution in [2.45, 2.75) is 32.7 Å². The van der Waals surface area contributed by atoms with Crippen molar-refractivity contribution < 1.29 is 4.79 Å². The Morgan fingerprint density at radius 2 is 1.68 bits per heavy atom. The number of benzene rings is 2. The van der Waals surface area contributed by atoms with Gasteiger partial charge in [0.25, 0.3) is 0 Å². The number of nitrogens with one attached hydrogen (secondary N) is 1. The van der Waals surface area contributed by atoms with Gasteiger partial charge in [0.05, 0.1) is 0 Å². The molecule has 1 aliphatic rings. The summed E-state index contributed by atoms with van der Waals surface area (Å²) in [6, 6.07) is 19.8. The monoisotopic (exact) mass is 474 g/mol. The molecule has 0 bridgehead atoms. The number of carbonyl (C=O) groups is 1. The van der Waals surface area contributed by atoms with Gasteiger partial charge in [-0.1, -0.05) is 42.8 Å². The standard InChI is InChI=1S/C26H27ClN6O/c1-2-18-3-5-19(6-4-18)17-28-26(34)21-13-15-32(16-14-21)24-12-11-23-29-30-25(33(23)31-24)20-7-9-22(27)10-8-20/h3-12,21H,2,13-17H2,1H3,(H,28,34). The molecule has 1 N–H and O–H groups in total. The first kappa shape index (κ1) is 22.3. The van der Waals surface area contributed by atoms with Gasteiger partial charge < -0.3 is 10.2 Å². The van der Waals surface area contributed by atoms with E-state index < -0.39 is 0 Å². The highest BCUT2D eigenvalue weighted by molar-refractivity contribution is 6.30. The third-order valence-corrected chi connectivity index (χ3v) is 6.69. The molecule has 34 heavy (non-hydrogen) atoms. The SMILES string of the molecule is CCc1ccc(CNC(=O)C2CCN(c3ccc4nnc(-c5ccc(Cl)cc5)n4n3)CC2)cc1. The van der Waals surface area contributed by atoms with Crippen molar-refractivity contribution in [3.05, 3.63) is 76.8 Å². The van der Waals surface area contributed by atoms with Crippen LogP contribution in [0.5, 0.6) is 0 Å². The molecule has 1 amide bonds. The number of rotatable bonds is 6. The number of hydrogen-bond donors (Lipinski definition) is 1. The van der Waals surface area contributed by atoms with Crippen molar-refractivity contribution in [2.75, 3.05) is 18.0 Å². The van der Waals surface area contributed by atoms with Crippen LogP contribution in [-0.4, -0.2) is 38.8 Å². The number of carbonyl (C=O) groups excluding carboxylic acids is 1. The smallest absolute Gasteiger partial charge is 0.223 e. The van der Waals surface area contributed by atoms with Crippen LogP contribution in [0.2, 0.25) is 5.02 Å². The summed E-state index contributed by atoms with van der Waals surface area (Å²) >= 11 is 6.02. The quantitative estimate of drug-likeness (QED) is 0.444. The predicted octanol–water partition coefficient (Wildman–Crippen LogP) is 4.54. The maximum Gasteiger partial charge on any atom is 0.223 e. The number of piperidine rings is 1. The van der Waals surface area contributed by atoms with Crippen LogP contribution in [-0.2, 0) is 17.8 Å². The maximum atomic E-state index is 12.7. The minimum Gasteiger partial charge on any atom is -0.355 e. The Morgan fingerprint density at radius 1 is 0.971 bits per heavy atom. The summed E-state index contributed by atoms with van der Waals surface area (Å²) in [5.74, 6) is 1.69. The molecule has 4 aromatic rings. The minimum absolute atomic E-state index is 0.0226. The number of halogens is 1. The Hall–Kier alpha value is -3.45. The van der Waals surface area contributed by atoms with Crippen LogP contribution in [0.15, 0.2) is 60.7 Å².